The van der Waals surface area contributed by atoms with Gasteiger partial charge < -0.3 is 0 Å². The van der Waals surface area contributed by atoms with E-state index < -0.39 is 10.0 Å². The molecule has 0 aliphatic rings. The Balaban J connectivity index is 2.19. The van der Waals surface area contributed by atoms with Crippen LogP contribution in [0.5, 0.6) is 0 Å². The first-order chi connectivity index (χ1) is 9.38. The fourth-order valence-corrected chi connectivity index (χ4v) is 4.38. The second-order valence-corrected chi connectivity index (χ2v) is 7.67. The third-order valence-corrected chi connectivity index (χ3v) is 5.44. The number of nitrogens with zero attached hydrogens (tertiary/aromatic N) is 1. The minimum Gasteiger partial charge on any atom is -0.257 e. The molecule has 1 heterocycles. The molecule has 0 aliphatic carbocycles. The summed E-state index contributed by atoms with van der Waals surface area (Å²) in [6, 6.07) is 10.4. The summed E-state index contributed by atoms with van der Waals surface area (Å²) < 4.78 is 28.3. The smallest absolute Gasteiger partial charge is 0.242 e. The Kier molecular flexibility index (Phi) is 4.95. The van der Waals surface area contributed by atoms with Crippen LogP contribution in [0.2, 0.25) is 0 Å². The Hall–Kier alpha value is -0.760. The van der Waals surface area contributed by atoms with E-state index in [2.05, 4.69) is 41.6 Å². The fourth-order valence-electron chi connectivity index (χ4n) is 1.64. The van der Waals surface area contributed by atoms with Crippen LogP contribution in [0.15, 0.2) is 50.2 Å². The summed E-state index contributed by atoms with van der Waals surface area (Å²) in [5.74, 6) is 0. The third kappa shape index (κ3) is 3.88. The van der Waals surface area contributed by atoms with Crippen LogP contribution in [0, 0.1) is 6.92 Å². The van der Waals surface area contributed by atoms with E-state index in [4.69, 9.17) is 0 Å². The number of sulfonamides is 1. The zero-order valence-electron chi connectivity index (χ0n) is 10.6. The molecular weight excluding hydrogens is 408 g/mol. The average Bonchev–Trinajstić information content (AvgIpc) is 2.36. The molecule has 1 aromatic carbocycles. The molecule has 0 atom stereocenters. The van der Waals surface area contributed by atoms with E-state index in [9.17, 15) is 8.42 Å². The number of halogens is 2. The van der Waals surface area contributed by atoms with Gasteiger partial charge in [-0.1, -0.05) is 22.0 Å². The van der Waals surface area contributed by atoms with Crippen molar-refractivity contribution in [2.24, 2.45) is 0 Å². The van der Waals surface area contributed by atoms with E-state index in [1.165, 1.54) is 0 Å². The first kappa shape index (κ1) is 15.6. The molecule has 0 saturated carbocycles. The predicted octanol–water partition coefficient (Wildman–Crippen LogP) is 3.39. The zero-order chi connectivity index (χ0) is 14.8. The SMILES string of the molecule is Cc1cccc(CNS(=O)(=O)c2ccc(Br)cc2Br)n1. The molecule has 2 aromatic rings. The lowest BCUT2D eigenvalue weighted by Crippen LogP contribution is -2.24. The molecule has 1 aromatic heterocycles. The van der Waals surface area contributed by atoms with Gasteiger partial charge in [0, 0.05) is 14.6 Å². The molecular formula is C13H12Br2N2O2S. The van der Waals surface area contributed by atoms with Gasteiger partial charge >= 0.3 is 0 Å². The molecule has 20 heavy (non-hydrogen) atoms. The van der Waals surface area contributed by atoms with Crippen molar-refractivity contribution in [2.45, 2.75) is 18.4 Å². The van der Waals surface area contributed by atoms with Crippen molar-refractivity contribution in [1.29, 1.82) is 0 Å². The Morgan fingerprint density at radius 1 is 1.20 bits per heavy atom. The van der Waals surface area contributed by atoms with E-state index in [0.717, 1.165) is 10.2 Å². The summed E-state index contributed by atoms with van der Waals surface area (Å²) in [6.45, 7) is 2.02. The maximum absolute atomic E-state index is 12.2. The number of benzene rings is 1. The molecule has 0 fully saturated rings. The van der Waals surface area contributed by atoms with Crippen LogP contribution in [0.25, 0.3) is 0 Å². The van der Waals surface area contributed by atoms with Gasteiger partial charge in [-0.25, -0.2) is 13.1 Å². The second-order valence-electron chi connectivity index (χ2n) is 4.17. The molecule has 0 saturated heterocycles. The van der Waals surface area contributed by atoms with E-state index in [0.29, 0.717) is 10.2 Å². The van der Waals surface area contributed by atoms with Crippen LogP contribution in [-0.4, -0.2) is 13.4 Å². The fraction of sp³-hybridized carbons (Fsp3) is 0.154. The van der Waals surface area contributed by atoms with Gasteiger partial charge in [-0.3, -0.25) is 4.98 Å². The highest BCUT2D eigenvalue weighted by molar-refractivity contribution is 9.11. The van der Waals surface area contributed by atoms with Gasteiger partial charge in [0.2, 0.25) is 10.0 Å². The average molecular weight is 420 g/mol. The Labute approximate surface area is 134 Å². The molecule has 0 bridgehead atoms. The minimum atomic E-state index is -3.58. The maximum Gasteiger partial charge on any atom is 0.242 e. The highest BCUT2D eigenvalue weighted by Crippen LogP contribution is 2.25. The molecule has 0 spiro atoms. The summed E-state index contributed by atoms with van der Waals surface area (Å²) in [4.78, 5) is 4.46. The molecule has 4 nitrogen and oxygen atoms in total. The summed E-state index contributed by atoms with van der Waals surface area (Å²) in [5.41, 5.74) is 1.54. The number of aromatic nitrogens is 1. The van der Waals surface area contributed by atoms with Gasteiger partial charge in [-0.15, -0.1) is 0 Å². The third-order valence-electron chi connectivity index (χ3n) is 2.57. The van der Waals surface area contributed by atoms with Crippen LogP contribution in [-0.2, 0) is 16.6 Å². The van der Waals surface area contributed by atoms with Gasteiger partial charge in [-0.2, -0.15) is 0 Å². The summed E-state index contributed by atoms with van der Waals surface area (Å²) in [7, 11) is -3.58. The number of nitrogens with one attached hydrogen (secondary N) is 1. The van der Waals surface area contributed by atoms with Crippen molar-refractivity contribution in [3.05, 3.63) is 56.7 Å². The van der Waals surface area contributed by atoms with Crippen molar-refractivity contribution < 1.29 is 8.42 Å². The minimum absolute atomic E-state index is 0.159. The molecule has 0 unspecified atom stereocenters. The Morgan fingerprint density at radius 3 is 2.60 bits per heavy atom. The molecule has 106 valence electrons. The number of aryl methyl sites for hydroxylation is 1. The Morgan fingerprint density at radius 2 is 1.95 bits per heavy atom. The van der Waals surface area contributed by atoms with Crippen molar-refractivity contribution >= 4 is 41.9 Å². The van der Waals surface area contributed by atoms with Gasteiger partial charge in [0.25, 0.3) is 0 Å². The van der Waals surface area contributed by atoms with Crippen LogP contribution in [0.4, 0.5) is 0 Å². The second kappa shape index (κ2) is 6.34. The largest absolute Gasteiger partial charge is 0.257 e. The highest BCUT2D eigenvalue weighted by atomic mass is 79.9. The first-order valence-electron chi connectivity index (χ1n) is 5.76. The topological polar surface area (TPSA) is 59.1 Å². The Bertz CT molecular complexity index is 733. The number of rotatable bonds is 4. The molecule has 7 heteroatoms. The summed E-state index contributed by atoms with van der Waals surface area (Å²) in [6.07, 6.45) is 0. The number of pyridine rings is 1. The van der Waals surface area contributed by atoms with Crippen LogP contribution in [0.1, 0.15) is 11.4 Å². The van der Waals surface area contributed by atoms with Crippen molar-refractivity contribution in [3.8, 4) is 0 Å². The maximum atomic E-state index is 12.2. The molecule has 0 amide bonds. The molecule has 1 N–H and O–H groups in total. The van der Waals surface area contributed by atoms with Crippen LogP contribution >= 0.6 is 31.9 Å². The van der Waals surface area contributed by atoms with Gasteiger partial charge in [0.05, 0.1) is 17.1 Å². The van der Waals surface area contributed by atoms with E-state index >= 15 is 0 Å². The van der Waals surface area contributed by atoms with Crippen molar-refractivity contribution in [2.75, 3.05) is 0 Å². The monoisotopic (exact) mass is 418 g/mol. The molecule has 0 aliphatic heterocycles. The van der Waals surface area contributed by atoms with E-state index in [1.807, 2.05) is 19.1 Å². The van der Waals surface area contributed by atoms with Gasteiger partial charge in [0.15, 0.2) is 0 Å². The van der Waals surface area contributed by atoms with Gasteiger partial charge in [-0.05, 0) is 53.2 Å². The number of hydrogen-bond acceptors (Lipinski definition) is 3. The van der Waals surface area contributed by atoms with Crippen molar-refractivity contribution in [3.63, 3.8) is 0 Å². The summed E-state index contributed by atoms with van der Waals surface area (Å²) in [5, 5.41) is 0. The quantitative estimate of drug-likeness (QED) is 0.826. The van der Waals surface area contributed by atoms with E-state index in [-0.39, 0.29) is 11.4 Å². The molecule has 2 rings (SSSR count). The highest BCUT2D eigenvalue weighted by Gasteiger charge is 2.17. The normalized spacial score (nSPS) is 11.6. The number of hydrogen-bond donors (Lipinski definition) is 1. The molecule has 0 radical (unpaired) electrons. The zero-order valence-corrected chi connectivity index (χ0v) is 14.6. The van der Waals surface area contributed by atoms with Crippen LogP contribution in [0.3, 0.4) is 0 Å². The van der Waals surface area contributed by atoms with Gasteiger partial charge in [0.1, 0.15) is 0 Å². The van der Waals surface area contributed by atoms with E-state index in [1.54, 1.807) is 24.3 Å². The van der Waals surface area contributed by atoms with Crippen molar-refractivity contribution in [1.82, 2.24) is 9.71 Å². The standard InChI is InChI=1S/C13H12Br2N2O2S/c1-9-3-2-4-11(17-9)8-16-20(18,19)13-6-5-10(14)7-12(13)15/h2-7,16H,8H2,1H3. The predicted molar refractivity (Wildman–Crippen MR) is 84.8 cm³/mol. The lowest BCUT2D eigenvalue weighted by atomic mass is 10.3. The lowest BCUT2D eigenvalue weighted by molar-refractivity contribution is 0.580. The summed E-state index contributed by atoms with van der Waals surface area (Å²) >= 11 is 6.55. The lowest BCUT2D eigenvalue weighted by Gasteiger charge is -2.09. The van der Waals surface area contributed by atoms with Crippen LogP contribution < -0.4 is 4.72 Å². The first-order valence-corrected chi connectivity index (χ1v) is 8.83.